The van der Waals surface area contributed by atoms with E-state index in [1.807, 2.05) is 6.92 Å². The quantitative estimate of drug-likeness (QED) is 0.614. The van der Waals surface area contributed by atoms with Crippen molar-refractivity contribution < 1.29 is 4.39 Å². The normalized spacial score (nSPS) is 14.3. The van der Waals surface area contributed by atoms with Gasteiger partial charge in [0.25, 0.3) is 0 Å². The number of hydrogen-bond donors (Lipinski definition) is 1. The molecule has 0 bridgehead atoms. The Bertz CT molecular complexity index is 63.9. The summed E-state index contributed by atoms with van der Waals surface area (Å²) in [7, 11) is 0. The molecule has 2 heteroatoms. The zero-order chi connectivity index (χ0) is 7.28. The Kier molecular flexibility index (Phi) is 4.68. The van der Waals surface area contributed by atoms with Gasteiger partial charge in [0, 0.05) is 6.04 Å². The van der Waals surface area contributed by atoms with E-state index in [4.69, 9.17) is 0 Å². The predicted molar refractivity (Wildman–Crippen MR) is 38.3 cm³/mol. The van der Waals surface area contributed by atoms with E-state index in [2.05, 4.69) is 19.2 Å². The molecule has 0 radical (unpaired) electrons. The van der Waals surface area contributed by atoms with Gasteiger partial charge in [0.15, 0.2) is 0 Å². The van der Waals surface area contributed by atoms with Crippen LogP contribution < -0.4 is 5.32 Å². The third-order valence-electron chi connectivity index (χ3n) is 1.11. The van der Waals surface area contributed by atoms with Crippen molar-refractivity contribution in [2.45, 2.75) is 26.8 Å². The number of halogens is 1. The van der Waals surface area contributed by atoms with Crippen LogP contribution in [0.5, 0.6) is 0 Å². The Labute approximate surface area is 56.6 Å². The van der Waals surface area contributed by atoms with Gasteiger partial charge in [-0.1, -0.05) is 13.8 Å². The number of nitrogens with one attached hydrogen (secondary N) is 1. The van der Waals surface area contributed by atoms with E-state index in [1.165, 1.54) is 0 Å². The van der Waals surface area contributed by atoms with Gasteiger partial charge in [0.1, 0.15) is 6.67 Å². The van der Waals surface area contributed by atoms with Crippen LogP contribution >= 0.6 is 0 Å². The van der Waals surface area contributed by atoms with Gasteiger partial charge in [0.05, 0.1) is 0 Å². The lowest BCUT2D eigenvalue weighted by Crippen LogP contribution is -2.30. The molecule has 0 aliphatic carbocycles. The Morgan fingerprint density at radius 1 is 1.33 bits per heavy atom. The van der Waals surface area contributed by atoms with E-state index in [0.717, 1.165) is 6.54 Å². The van der Waals surface area contributed by atoms with E-state index >= 15 is 0 Å². The summed E-state index contributed by atoms with van der Waals surface area (Å²) in [5, 5.41) is 3.06. The fraction of sp³-hybridized carbons (Fsp3) is 1.00. The molecule has 0 saturated heterocycles. The summed E-state index contributed by atoms with van der Waals surface area (Å²) in [6.07, 6.45) is 0. The zero-order valence-corrected chi connectivity index (χ0v) is 6.45. The van der Waals surface area contributed by atoms with Gasteiger partial charge < -0.3 is 5.32 Å². The van der Waals surface area contributed by atoms with Crippen molar-refractivity contribution in [3.63, 3.8) is 0 Å². The average molecular weight is 133 g/mol. The molecule has 0 spiro atoms. The van der Waals surface area contributed by atoms with Crippen molar-refractivity contribution >= 4 is 0 Å². The molecule has 0 rings (SSSR count). The second-order valence-corrected chi connectivity index (χ2v) is 2.86. The number of rotatable bonds is 4. The highest BCUT2D eigenvalue weighted by Crippen LogP contribution is 1.89. The minimum atomic E-state index is -0.271. The van der Waals surface area contributed by atoms with E-state index in [0.29, 0.717) is 5.92 Å². The minimum absolute atomic E-state index is 0.0207. The molecule has 0 fully saturated rings. The largest absolute Gasteiger partial charge is 0.311 e. The van der Waals surface area contributed by atoms with Crippen LogP contribution in [-0.2, 0) is 0 Å². The van der Waals surface area contributed by atoms with Crippen molar-refractivity contribution in [1.82, 2.24) is 5.32 Å². The Balaban J connectivity index is 3.06. The lowest BCUT2D eigenvalue weighted by molar-refractivity contribution is 0.378. The highest BCUT2D eigenvalue weighted by atomic mass is 19.1. The van der Waals surface area contributed by atoms with E-state index in [-0.39, 0.29) is 12.7 Å². The summed E-state index contributed by atoms with van der Waals surface area (Å²) in [4.78, 5) is 0. The van der Waals surface area contributed by atoms with Crippen LogP contribution in [0.1, 0.15) is 20.8 Å². The highest BCUT2D eigenvalue weighted by Gasteiger charge is 1.99. The Morgan fingerprint density at radius 3 is 2.22 bits per heavy atom. The summed E-state index contributed by atoms with van der Waals surface area (Å²) in [5.74, 6) is 0.610. The van der Waals surface area contributed by atoms with Gasteiger partial charge in [0.2, 0.25) is 0 Å². The van der Waals surface area contributed by atoms with Crippen LogP contribution in [0.3, 0.4) is 0 Å². The average Bonchev–Trinajstić information content (AvgIpc) is 1.83. The molecule has 0 aliphatic heterocycles. The molecule has 0 saturated carbocycles. The third-order valence-corrected chi connectivity index (χ3v) is 1.11. The topological polar surface area (TPSA) is 12.0 Å². The molecular formula is C7H16FN. The van der Waals surface area contributed by atoms with Crippen molar-refractivity contribution in [3.8, 4) is 0 Å². The van der Waals surface area contributed by atoms with Crippen molar-refractivity contribution in [3.05, 3.63) is 0 Å². The van der Waals surface area contributed by atoms with Crippen LogP contribution in [0.25, 0.3) is 0 Å². The number of alkyl halides is 1. The first-order chi connectivity index (χ1) is 4.16. The smallest absolute Gasteiger partial charge is 0.104 e. The van der Waals surface area contributed by atoms with Crippen LogP contribution in [0.4, 0.5) is 4.39 Å². The summed E-state index contributed by atoms with van der Waals surface area (Å²) in [5.41, 5.74) is 0. The maximum Gasteiger partial charge on any atom is 0.104 e. The van der Waals surface area contributed by atoms with Gasteiger partial charge in [-0.2, -0.15) is 0 Å². The first kappa shape index (κ1) is 8.89. The van der Waals surface area contributed by atoms with Gasteiger partial charge >= 0.3 is 0 Å². The molecule has 1 unspecified atom stereocenters. The van der Waals surface area contributed by atoms with Crippen molar-refractivity contribution in [1.29, 1.82) is 0 Å². The SMILES string of the molecule is CC(C)CNC(C)CF. The maximum atomic E-state index is 11.8. The van der Waals surface area contributed by atoms with Crippen LogP contribution in [0, 0.1) is 5.92 Å². The molecule has 1 nitrogen and oxygen atoms in total. The molecule has 0 heterocycles. The van der Waals surface area contributed by atoms with E-state index in [1.54, 1.807) is 0 Å². The molecule has 0 aromatic rings. The monoisotopic (exact) mass is 133 g/mol. The predicted octanol–water partition coefficient (Wildman–Crippen LogP) is 1.59. The molecule has 9 heavy (non-hydrogen) atoms. The fourth-order valence-electron chi connectivity index (χ4n) is 0.491. The highest BCUT2D eigenvalue weighted by molar-refractivity contribution is 4.59. The third kappa shape index (κ3) is 5.77. The van der Waals surface area contributed by atoms with Gasteiger partial charge in [-0.3, -0.25) is 0 Å². The molecular weight excluding hydrogens is 117 g/mol. The Hall–Kier alpha value is -0.110. The van der Waals surface area contributed by atoms with Crippen LogP contribution in [-0.4, -0.2) is 19.3 Å². The summed E-state index contributed by atoms with van der Waals surface area (Å²) < 4.78 is 11.8. The molecule has 1 atom stereocenters. The van der Waals surface area contributed by atoms with Crippen molar-refractivity contribution in [2.75, 3.05) is 13.2 Å². The first-order valence-corrected chi connectivity index (χ1v) is 3.46. The molecule has 56 valence electrons. The second kappa shape index (κ2) is 4.74. The summed E-state index contributed by atoms with van der Waals surface area (Å²) in [6, 6.07) is 0.0207. The summed E-state index contributed by atoms with van der Waals surface area (Å²) >= 11 is 0. The minimum Gasteiger partial charge on any atom is -0.311 e. The lowest BCUT2D eigenvalue weighted by atomic mass is 10.2. The summed E-state index contributed by atoms with van der Waals surface area (Å²) in [6.45, 7) is 6.70. The standard InChI is InChI=1S/C7H16FN/c1-6(2)5-9-7(3)4-8/h6-7,9H,4-5H2,1-3H3. The number of hydrogen-bond acceptors (Lipinski definition) is 1. The van der Waals surface area contributed by atoms with E-state index < -0.39 is 0 Å². The lowest BCUT2D eigenvalue weighted by Gasteiger charge is -2.10. The fourth-order valence-corrected chi connectivity index (χ4v) is 0.491. The molecule has 0 amide bonds. The van der Waals surface area contributed by atoms with E-state index in [9.17, 15) is 4.39 Å². The molecule has 0 aliphatic rings. The Morgan fingerprint density at radius 2 is 1.89 bits per heavy atom. The zero-order valence-electron chi connectivity index (χ0n) is 6.45. The van der Waals surface area contributed by atoms with Gasteiger partial charge in [-0.25, -0.2) is 4.39 Å². The van der Waals surface area contributed by atoms with Gasteiger partial charge in [-0.15, -0.1) is 0 Å². The maximum absolute atomic E-state index is 11.8. The second-order valence-electron chi connectivity index (χ2n) is 2.86. The molecule has 0 aromatic carbocycles. The van der Waals surface area contributed by atoms with Crippen molar-refractivity contribution in [2.24, 2.45) is 5.92 Å². The first-order valence-electron chi connectivity index (χ1n) is 3.46. The van der Waals surface area contributed by atoms with Crippen LogP contribution in [0.15, 0.2) is 0 Å². The molecule has 0 aromatic heterocycles. The van der Waals surface area contributed by atoms with Crippen LogP contribution in [0.2, 0.25) is 0 Å². The molecule has 1 N–H and O–H groups in total. The van der Waals surface area contributed by atoms with Gasteiger partial charge in [-0.05, 0) is 19.4 Å².